The van der Waals surface area contributed by atoms with Gasteiger partial charge in [-0.2, -0.15) is 4.31 Å². The van der Waals surface area contributed by atoms with Crippen LogP contribution in [0.2, 0.25) is 0 Å². The van der Waals surface area contributed by atoms with Gasteiger partial charge in [0.05, 0.1) is 6.54 Å². The SMILES string of the molecule is CCNC(=O)NC(=O)CN1CCN(S(=O)(=O)c2c(F)cccc2F)CC1. The lowest BCUT2D eigenvalue weighted by Gasteiger charge is -2.33. The number of hydrogen-bond acceptors (Lipinski definition) is 5. The minimum Gasteiger partial charge on any atom is -0.338 e. The summed E-state index contributed by atoms with van der Waals surface area (Å²) < 4.78 is 53.5. The third-order valence-electron chi connectivity index (χ3n) is 3.81. The van der Waals surface area contributed by atoms with E-state index in [2.05, 4.69) is 10.6 Å². The molecule has 8 nitrogen and oxygen atoms in total. The first-order valence-corrected chi connectivity index (χ1v) is 9.44. The summed E-state index contributed by atoms with van der Waals surface area (Å²) in [5, 5.41) is 4.57. The lowest BCUT2D eigenvalue weighted by molar-refractivity contribution is -0.121. The first-order chi connectivity index (χ1) is 12.3. The highest BCUT2D eigenvalue weighted by Crippen LogP contribution is 2.23. The fourth-order valence-electron chi connectivity index (χ4n) is 2.56. The average molecular weight is 390 g/mol. The van der Waals surface area contributed by atoms with Crippen LogP contribution in [0.25, 0.3) is 0 Å². The highest BCUT2D eigenvalue weighted by atomic mass is 32.2. The van der Waals surface area contributed by atoms with Crippen LogP contribution in [0.3, 0.4) is 0 Å². The number of benzene rings is 1. The Labute approximate surface area is 150 Å². The van der Waals surface area contributed by atoms with Gasteiger partial charge in [0.1, 0.15) is 11.6 Å². The van der Waals surface area contributed by atoms with Crippen LogP contribution < -0.4 is 10.6 Å². The standard InChI is InChI=1S/C15H20F2N4O4S/c1-2-18-15(23)19-13(22)10-20-6-8-21(9-7-20)26(24,25)14-11(16)4-3-5-12(14)17/h3-5H,2,6-10H2,1H3,(H2,18,19,22,23). The first kappa shape index (κ1) is 20.2. The summed E-state index contributed by atoms with van der Waals surface area (Å²) in [6.45, 7) is 2.34. The molecule has 0 atom stereocenters. The van der Waals surface area contributed by atoms with Crippen LogP contribution in [0.1, 0.15) is 6.92 Å². The summed E-state index contributed by atoms with van der Waals surface area (Å²) in [4.78, 5) is 23.7. The van der Waals surface area contributed by atoms with Crippen LogP contribution in [0.15, 0.2) is 23.1 Å². The molecule has 1 heterocycles. The van der Waals surface area contributed by atoms with Gasteiger partial charge in [-0.3, -0.25) is 15.0 Å². The molecule has 0 unspecified atom stereocenters. The Morgan fingerprint density at radius 1 is 1.12 bits per heavy atom. The summed E-state index contributed by atoms with van der Waals surface area (Å²) >= 11 is 0. The Bertz CT molecular complexity index is 760. The summed E-state index contributed by atoms with van der Waals surface area (Å²) in [6.07, 6.45) is 0. The second-order valence-electron chi connectivity index (χ2n) is 5.64. The third-order valence-corrected chi connectivity index (χ3v) is 5.76. The van der Waals surface area contributed by atoms with E-state index in [1.54, 1.807) is 11.8 Å². The van der Waals surface area contributed by atoms with Crippen LogP contribution >= 0.6 is 0 Å². The fourth-order valence-corrected chi connectivity index (χ4v) is 4.09. The molecule has 0 saturated carbocycles. The van der Waals surface area contributed by atoms with Gasteiger partial charge in [0.15, 0.2) is 4.90 Å². The molecule has 1 saturated heterocycles. The molecule has 144 valence electrons. The predicted molar refractivity (Wildman–Crippen MR) is 88.8 cm³/mol. The molecule has 0 radical (unpaired) electrons. The van der Waals surface area contributed by atoms with Gasteiger partial charge < -0.3 is 5.32 Å². The maximum atomic E-state index is 13.8. The van der Waals surface area contributed by atoms with E-state index in [0.717, 1.165) is 22.5 Å². The number of piperazine rings is 1. The second-order valence-corrected chi connectivity index (χ2v) is 7.51. The molecule has 2 rings (SSSR count). The maximum absolute atomic E-state index is 13.8. The smallest absolute Gasteiger partial charge is 0.321 e. The Balaban J connectivity index is 1.96. The number of carbonyl (C=O) groups excluding carboxylic acids is 2. The molecule has 1 aliphatic rings. The minimum atomic E-state index is -4.31. The van der Waals surface area contributed by atoms with Crippen molar-refractivity contribution in [1.29, 1.82) is 0 Å². The number of nitrogens with one attached hydrogen (secondary N) is 2. The quantitative estimate of drug-likeness (QED) is 0.744. The second kappa shape index (κ2) is 8.52. The third kappa shape index (κ3) is 4.74. The Kier molecular flexibility index (Phi) is 6.62. The minimum absolute atomic E-state index is 0.0233. The lowest BCUT2D eigenvalue weighted by Crippen LogP contribution is -2.52. The molecule has 1 aliphatic heterocycles. The van der Waals surface area contributed by atoms with Gasteiger partial charge >= 0.3 is 6.03 Å². The molecule has 11 heteroatoms. The molecule has 0 spiro atoms. The number of amides is 3. The zero-order valence-electron chi connectivity index (χ0n) is 14.2. The number of rotatable bonds is 5. The summed E-state index contributed by atoms with van der Waals surface area (Å²) in [7, 11) is -4.31. The van der Waals surface area contributed by atoms with Crippen LogP contribution in [0, 0.1) is 11.6 Å². The molecular weight excluding hydrogens is 370 g/mol. The van der Waals surface area contributed by atoms with Gasteiger partial charge in [0, 0.05) is 32.7 Å². The Morgan fingerprint density at radius 2 is 1.69 bits per heavy atom. The predicted octanol–water partition coefficient (Wildman–Crippen LogP) is 0.117. The number of urea groups is 1. The van der Waals surface area contributed by atoms with E-state index < -0.39 is 38.5 Å². The molecule has 0 aromatic heterocycles. The van der Waals surface area contributed by atoms with Crippen molar-refractivity contribution < 1.29 is 26.8 Å². The normalized spacial score (nSPS) is 16.3. The number of nitrogens with zero attached hydrogens (tertiary/aromatic N) is 2. The van der Waals surface area contributed by atoms with Crippen molar-refractivity contribution in [3.05, 3.63) is 29.8 Å². The van der Waals surface area contributed by atoms with Crippen molar-refractivity contribution in [3.8, 4) is 0 Å². The van der Waals surface area contributed by atoms with Gasteiger partial charge in [0.25, 0.3) is 0 Å². The first-order valence-electron chi connectivity index (χ1n) is 8.00. The van der Waals surface area contributed by atoms with Gasteiger partial charge in [-0.15, -0.1) is 0 Å². The Hall–Kier alpha value is -2.11. The van der Waals surface area contributed by atoms with E-state index in [1.165, 1.54) is 0 Å². The average Bonchev–Trinajstić information content (AvgIpc) is 2.55. The molecule has 2 N–H and O–H groups in total. The monoisotopic (exact) mass is 390 g/mol. The van der Waals surface area contributed by atoms with E-state index >= 15 is 0 Å². The van der Waals surface area contributed by atoms with Crippen LogP contribution in [0.5, 0.6) is 0 Å². The van der Waals surface area contributed by atoms with Gasteiger partial charge in [-0.1, -0.05) is 6.07 Å². The topological polar surface area (TPSA) is 98.8 Å². The number of imide groups is 1. The van der Waals surface area contributed by atoms with E-state index in [1.807, 2.05) is 0 Å². The summed E-state index contributed by atoms with van der Waals surface area (Å²) in [6, 6.07) is 2.26. The number of halogens is 2. The highest BCUT2D eigenvalue weighted by molar-refractivity contribution is 7.89. The summed E-state index contributed by atoms with van der Waals surface area (Å²) in [5.41, 5.74) is 0. The van der Waals surface area contributed by atoms with E-state index in [0.29, 0.717) is 6.54 Å². The van der Waals surface area contributed by atoms with Crippen LogP contribution in [0.4, 0.5) is 13.6 Å². The zero-order valence-corrected chi connectivity index (χ0v) is 15.0. The van der Waals surface area contributed by atoms with E-state index in [-0.39, 0.29) is 32.7 Å². The van der Waals surface area contributed by atoms with Crippen molar-refractivity contribution in [2.45, 2.75) is 11.8 Å². The van der Waals surface area contributed by atoms with Crippen LogP contribution in [-0.2, 0) is 14.8 Å². The molecular formula is C15H20F2N4O4S. The van der Waals surface area contributed by atoms with Crippen molar-refractivity contribution in [3.63, 3.8) is 0 Å². The molecule has 1 aromatic carbocycles. The molecule has 0 aliphatic carbocycles. The number of hydrogen-bond donors (Lipinski definition) is 2. The van der Waals surface area contributed by atoms with Gasteiger partial charge in [-0.05, 0) is 19.1 Å². The van der Waals surface area contributed by atoms with Crippen LogP contribution in [-0.4, -0.2) is 68.8 Å². The van der Waals surface area contributed by atoms with Gasteiger partial charge in [0.2, 0.25) is 15.9 Å². The molecule has 1 fully saturated rings. The largest absolute Gasteiger partial charge is 0.338 e. The van der Waals surface area contributed by atoms with Crippen molar-refractivity contribution in [1.82, 2.24) is 19.8 Å². The zero-order chi connectivity index (χ0) is 19.3. The van der Waals surface area contributed by atoms with Crippen molar-refractivity contribution in [2.24, 2.45) is 0 Å². The molecule has 0 bridgehead atoms. The van der Waals surface area contributed by atoms with E-state index in [9.17, 15) is 26.8 Å². The van der Waals surface area contributed by atoms with E-state index in [4.69, 9.17) is 0 Å². The van der Waals surface area contributed by atoms with Crippen molar-refractivity contribution >= 4 is 22.0 Å². The molecule has 1 aromatic rings. The molecule has 26 heavy (non-hydrogen) atoms. The summed E-state index contributed by atoms with van der Waals surface area (Å²) in [5.74, 6) is -2.81. The molecule has 3 amide bonds. The highest BCUT2D eigenvalue weighted by Gasteiger charge is 2.33. The fraction of sp³-hybridized carbons (Fsp3) is 0.467. The number of sulfonamides is 1. The maximum Gasteiger partial charge on any atom is 0.321 e. The van der Waals surface area contributed by atoms with Gasteiger partial charge in [-0.25, -0.2) is 22.0 Å². The Morgan fingerprint density at radius 3 is 2.23 bits per heavy atom. The lowest BCUT2D eigenvalue weighted by atomic mass is 10.3. The number of carbonyl (C=O) groups is 2. The van der Waals surface area contributed by atoms with Crippen molar-refractivity contribution in [2.75, 3.05) is 39.3 Å².